The molecule has 4 nitrogen and oxygen atoms in total. The van der Waals surface area contributed by atoms with Gasteiger partial charge in [0, 0.05) is 32.5 Å². The van der Waals surface area contributed by atoms with Crippen molar-refractivity contribution in [3.8, 4) is 0 Å². The van der Waals surface area contributed by atoms with Crippen molar-refractivity contribution < 1.29 is 4.79 Å². The largest absolute Gasteiger partial charge is 0.348 e. The molecule has 0 aliphatic rings. The predicted octanol–water partition coefficient (Wildman–Crippen LogP) is 0.820. The van der Waals surface area contributed by atoms with Gasteiger partial charge in [0.2, 0.25) is 5.91 Å². The van der Waals surface area contributed by atoms with Gasteiger partial charge in [-0.05, 0) is 18.6 Å². The van der Waals surface area contributed by atoms with Crippen LogP contribution in [0, 0.1) is 0 Å². The van der Waals surface area contributed by atoms with Crippen LogP contribution in [0.4, 0.5) is 0 Å². The third kappa shape index (κ3) is 3.67. The van der Waals surface area contributed by atoms with E-state index in [4.69, 9.17) is 0 Å². The standard InChI is InChI=1S/C11H17N3O/c1-9(10-5-4-6-12-7-10)13-8-11(15)14(2)3/h4-7,9,13H,8H2,1-3H3/t9-/m1/s1. The number of rotatable bonds is 4. The molecule has 1 N–H and O–H groups in total. The third-order valence-corrected chi connectivity index (χ3v) is 2.24. The summed E-state index contributed by atoms with van der Waals surface area (Å²) < 4.78 is 0. The summed E-state index contributed by atoms with van der Waals surface area (Å²) in [7, 11) is 3.50. The highest BCUT2D eigenvalue weighted by Crippen LogP contribution is 2.08. The number of carbonyl (C=O) groups is 1. The van der Waals surface area contributed by atoms with E-state index in [9.17, 15) is 4.79 Å². The number of nitrogens with zero attached hydrogens (tertiary/aromatic N) is 2. The quantitative estimate of drug-likeness (QED) is 0.795. The van der Waals surface area contributed by atoms with E-state index < -0.39 is 0 Å². The first-order valence-electron chi connectivity index (χ1n) is 4.94. The van der Waals surface area contributed by atoms with Crippen LogP contribution < -0.4 is 5.32 Å². The average molecular weight is 207 g/mol. The average Bonchev–Trinajstić information content (AvgIpc) is 2.26. The first kappa shape index (κ1) is 11.7. The summed E-state index contributed by atoms with van der Waals surface area (Å²) in [6, 6.07) is 4.02. The van der Waals surface area contributed by atoms with Gasteiger partial charge < -0.3 is 10.2 Å². The second-order valence-corrected chi connectivity index (χ2v) is 3.68. The van der Waals surface area contributed by atoms with Gasteiger partial charge >= 0.3 is 0 Å². The molecule has 82 valence electrons. The van der Waals surface area contributed by atoms with E-state index in [1.807, 2.05) is 19.1 Å². The lowest BCUT2D eigenvalue weighted by atomic mass is 10.1. The molecule has 1 heterocycles. The minimum atomic E-state index is 0.0748. The zero-order valence-electron chi connectivity index (χ0n) is 9.40. The Labute approximate surface area is 90.3 Å². The number of likely N-dealkylation sites (N-methyl/N-ethyl adjacent to an activating group) is 1. The van der Waals surface area contributed by atoms with Gasteiger partial charge in [0.05, 0.1) is 6.54 Å². The van der Waals surface area contributed by atoms with Gasteiger partial charge in [-0.2, -0.15) is 0 Å². The molecule has 0 aliphatic heterocycles. The SMILES string of the molecule is C[C@@H](NCC(=O)N(C)C)c1cccnc1. The van der Waals surface area contributed by atoms with Crippen LogP contribution in [-0.2, 0) is 4.79 Å². The lowest BCUT2D eigenvalue weighted by Crippen LogP contribution is -2.34. The highest BCUT2D eigenvalue weighted by Gasteiger charge is 2.08. The van der Waals surface area contributed by atoms with Gasteiger partial charge in [-0.25, -0.2) is 0 Å². The minimum absolute atomic E-state index is 0.0748. The molecule has 0 saturated heterocycles. The molecule has 0 fully saturated rings. The zero-order chi connectivity index (χ0) is 11.3. The monoisotopic (exact) mass is 207 g/mol. The first-order chi connectivity index (χ1) is 7.11. The number of pyridine rings is 1. The van der Waals surface area contributed by atoms with Gasteiger partial charge in [0.1, 0.15) is 0 Å². The van der Waals surface area contributed by atoms with E-state index in [2.05, 4.69) is 10.3 Å². The van der Waals surface area contributed by atoms with E-state index in [0.717, 1.165) is 5.56 Å². The molecule has 1 aromatic rings. The highest BCUT2D eigenvalue weighted by atomic mass is 16.2. The third-order valence-electron chi connectivity index (χ3n) is 2.24. The number of hydrogen-bond donors (Lipinski definition) is 1. The second kappa shape index (κ2) is 5.46. The molecular weight excluding hydrogens is 190 g/mol. The van der Waals surface area contributed by atoms with Crippen molar-refractivity contribution >= 4 is 5.91 Å². The lowest BCUT2D eigenvalue weighted by Gasteiger charge is -2.15. The van der Waals surface area contributed by atoms with Crippen LogP contribution in [0.2, 0.25) is 0 Å². The van der Waals surface area contributed by atoms with E-state index in [0.29, 0.717) is 6.54 Å². The summed E-state index contributed by atoms with van der Waals surface area (Å²) >= 11 is 0. The molecule has 0 bridgehead atoms. The van der Waals surface area contributed by atoms with Gasteiger partial charge in [-0.1, -0.05) is 6.07 Å². The van der Waals surface area contributed by atoms with Crippen molar-refractivity contribution in [3.63, 3.8) is 0 Å². The highest BCUT2D eigenvalue weighted by molar-refractivity contribution is 5.77. The Balaban J connectivity index is 2.44. The molecular formula is C11H17N3O. The van der Waals surface area contributed by atoms with Crippen LogP contribution in [0.25, 0.3) is 0 Å². The normalized spacial score (nSPS) is 12.2. The second-order valence-electron chi connectivity index (χ2n) is 3.68. The van der Waals surface area contributed by atoms with Crippen molar-refractivity contribution in [1.29, 1.82) is 0 Å². The Bertz CT molecular complexity index is 311. The molecule has 1 atom stereocenters. The van der Waals surface area contributed by atoms with E-state index in [1.54, 1.807) is 31.4 Å². The smallest absolute Gasteiger partial charge is 0.236 e. The molecule has 0 saturated carbocycles. The van der Waals surface area contributed by atoms with Crippen LogP contribution >= 0.6 is 0 Å². The minimum Gasteiger partial charge on any atom is -0.348 e. The van der Waals surface area contributed by atoms with Crippen molar-refractivity contribution in [1.82, 2.24) is 15.2 Å². The Hall–Kier alpha value is -1.42. The van der Waals surface area contributed by atoms with Crippen molar-refractivity contribution in [2.45, 2.75) is 13.0 Å². The predicted molar refractivity (Wildman–Crippen MR) is 59.3 cm³/mol. The zero-order valence-corrected chi connectivity index (χ0v) is 9.40. The molecule has 0 spiro atoms. The van der Waals surface area contributed by atoms with E-state index in [-0.39, 0.29) is 11.9 Å². The fourth-order valence-corrected chi connectivity index (χ4v) is 1.15. The summed E-state index contributed by atoms with van der Waals surface area (Å²) in [6.45, 7) is 2.36. The molecule has 0 radical (unpaired) electrons. The fourth-order valence-electron chi connectivity index (χ4n) is 1.15. The summed E-state index contributed by atoms with van der Waals surface area (Å²) in [5.41, 5.74) is 1.09. The van der Waals surface area contributed by atoms with Crippen LogP contribution in [0.5, 0.6) is 0 Å². The van der Waals surface area contributed by atoms with Crippen LogP contribution in [0.15, 0.2) is 24.5 Å². The topological polar surface area (TPSA) is 45.2 Å². The van der Waals surface area contributed by atoms with Crippen molar-refractivity contribution in [2.24, 2.45) is 0 Å². The Morgan fingerprint density at radius 2 is 2.33 bits per heavy atom. The molecule has 0 unspecified atom stereocenters. The summed E-state index contributed by atoms with van der Waals surface area (Å²) in [4.78, 5) is 16.9. The van der Waals surface area contributed by atoms with Crippen molar-refractivity contribution in [3.05, 3.63) is 30.1 Å². The van der Waals surface area contributed by atoms with E-state index >= 15 is 0 Å². The van der Waals surface area contributed by atoms with E-state index in [1.165, 1.54) is 0 Å². The van der Waals surface area contributed by atoms with Crippen LogP contribution in [0.1, 0.15) is 18.5 Å². The first-order valence-corrected chi connectivity index (χ1v) is 4.94. The summed E-state index contributed by atoms with van der Waals surface area (Å²) in [6.07, 6.45) is 3.54. The molecule has 0 aliphatic carbocycles. The Kier molecular flexibility index (Phi) is 4.24. The molecule has 0 aromatic carbocycles. The van der Waals surface area contributed by atoms with Gasteiger partial charge in [0.15, 0.2) is 0 Å². The van der Waals surface area contributed by atoms with Crippen LogP contribution in [-0.4, -0.2) is 36.4 Å². The number of carbonyl (C=O) groups excluding carboxylic acids is 1. The molecule has 4 heteroatoms. The number of aromatic nitrogens is 1. The van der Waals surface area contributed by atoms with Gasteiger partial charge in [-0.15, -0.1) is 0 Å². The molecule has 1 aromatic heterocycles. The number of hydrogen-bond acceptors (Lipinski definition) is 3. The van der Waals surface area contributed by atoms with Crippen LogP contribution in [0.3, 0.4) is 0 Å². The maximum absolute atomic E-state index is 11.3. The lowest BCUT2D eigenvalue weighted by molar-refractivity contribution is -0.127. The van der Waals surface area contributed by atoms with Crippen molar-refractivity contribution in [2.75, 3.05) is 20.6 Å². The van der Waals surface area contributed by atoms with Gasteiger partial charge in [-0.3, -0.25) is 9.78 Å². The van der Waals surface area contributed by atoms with Gasteiger partial charge in [0.25, 0.3) is 0 Å². The molecule has 15 heavy (non-hydrogen) atoms. The summed E-state index contributed by atoms with van der Waals surface area (Å²) in [5, 5.41) is 3.15. The maximum Gasteiger partial charge on any atom is 0.236 e. The Morgan fingerprint density at radius 3 is 2.87 bits per heavy atom. The molecule has 1 amide bonds. The molecule has 1 rings (SSSR count). The summed E-state index contributed by atoms with van der Waals surface area (Å²) in [5.74, 6) is 0.0748. The Morgan fingerprint density at radius 1 is 1.60 bits per heavy atom. The fraction of sp³-hybridized carbons (Fsp3) is 0.455. The number of amides is 1. The number of nitrogens with one attached hydrogen (secondary N) is 1. The maximum atomic E-state index is 11.3.